The van der Waals surface area contributed by atoms with Gasteiger partial charge in [-0.25, -0.2) is 13.4 Å². The van der Waals surface area contributed by atoms with Crippen molar-refractivity contribution in [3.8, 4) is 0 Å². The predicted molar refractivity (Wildman–Crippen MR) is 93.7 cm³/mol. The number of hydrazone groups is 1. The van der Waals surface area contributed by atoms with E-state index in [0.29, 0.717) is 19.4 Å². The van der Waals surface area contributed by atoms with Gasteiger partial charge in [0.15, 0.2) is 9.84 Å². The van der Waals surface area contributed by atoms with Crippen LogP contribution in [0.2, 0.25) is 0 Å². The van der Waals surface area contributed by atoms with Crippen LogP contribution in [-0.2, 0) is 25.8 Å². The second kappa shape index (κ2) is 7.35. The molecule has 2 heterocycles. The van der Waals surface area contributed by atoms with E-state index in [1.807, 2.05) is 30.3 Å². The molecule has 0 aromatic heterocycles. The first-order chi connectivity index (χ1) is 11.9. The molecule has 7 nitrogen and oxygen atoms in total. The molecule has 0 aliphatic carbocycles. The van der Waals surface area contributed by atoms with E-state index in [2.05, 4.69) is 10.4 Å². The van der Waals surface area contributed by atoms with Crippen molar-refractivity contribution in [3.05, 3.63) is 35.9 Å². The zero-order valence-corrected chi connectivity index (χ0v) is 14.7. The van der Waals surface area contributed by atoms with Crippen molar-refractivity contribution in [2.75, 3.05) is 18.1 Å². The molecule has 1 fully saturated rings. The van der Waals surface area contributed by atoms with Gasteiger partial charge in [0.25, 0.3) is 5.91 Å². The zero-order chi connectivity index (χ0) is 17.9. The molecule has 0 spiro atoms. The van der Waals surface area contributed by atoms with Crippen LogP contribution >= 0.6 is 0 Å². The van der Waals surface area contributed by atoms with Gasteiger partial charge in [-0.05, 0) is 18.4 Å². The minimum absolute atomic E-state index is 0.0651. The lowest BCUT2D eigenvalue weighted by molar-refractivity contribution is -0.133. The molecule has 1 aromatic rings. The van der Waals surface area contributed by atoms with Crippen LogP contribution in [0.15, 0.2) is 35.4 Å². The Morgan fingerprint density at radius 3 is 2.68 bits per heavy atom. The molecule has 0 radical (unpaired) electrons. The molecule has 2 aliphatic rings. The average molecular weight is 363 g/mol. The highest BCUT2D eigenvalue weighted by Gasteiger charge is 2.37. The highest BCUT2D eigenvalue weighted by Crippen LogP contribution is 2.22. The SMILES string of the molecule is O=C(NCCc1ccccc1)C1=NN([C@@H]2CCS(=O)(=O)C2)C(=O)CC1. The summed E-state index contributed by atoms with van der Waals surface area (Å²) in [4.78, 5) is 24.3. The van der Waals surface area contributed by atoms with Crippen molar-refractivity contribution >= 4 is 27.4 Å². The monoisotopic (exact) mass is 363 g/mol. The second-order valence-corrected chi connectivity index (χ2v) is 8.56. The summed E-state index contributed by atoms with van der Waals surface area (Å²) in [6.45, 7) is 0.480. The van der Waals surface area contributed by atoms with Gasteiger partial charge < -0.3 is 5.32 Å². The van der Waals surface area contributed by atoms with Crippen LogP contribution in [0, 0.1) is 0 Å². The molecule has 2 amide bonds. The third kappa shape index (κ3) is 4.45. The molecule has 25 heavy (non-hydrogen) atoms. The number of hydrogen-bond acceptors (Lipinski definition) is 5. The van der Waals surface area contributed by atoms with Gasteiger partial charge in [0, 0.05) is 19.4 Å². The molecule has 0 saturated carbocycles. The quantitative estimate of drug-likeness (QED) is 0.824. The summed E-state index contributed by atoms with van der Waals surface area (Å²) >= 11 is 0. The highest BCUT2D eigenvalue weighted by molar-refractivity contribution is 7.91. The maximum absolute atomic E-state index is 12.3. The van der Waals surface area contributed by atoms with Crippen molar-refractivity contribution in [2.45, 2.75) is 31.7 Å². The first-order valence-corrected chi connectivity index (χ1v) is 10.2. The van der Waals surface area contributed by atoms with E-state index in [1.54, 1.807) is 0 Å². The Labute approximate surface area is 147 Å². The van der Waals surface area contributed by atoms with Gasteiger partial charge in [-0.2, -0.15) is 5.10 Å². The summed E-state index contributed by atoms with van der Waals surface area (Å²) in [6, 6.07) is 9.36. The maximum atomic E-state index is 12.3. The smallest absolute Gasteiger partial charge is 0.267 e. The highest BCUT2D eigenvalue weighted by atomic mass is 32.2. The van der Waals surface area contributed by atoms with E-state index >= 15 is 0 Å². The summed E-state index contributed by atoms with van der Waals surface area (Å²) in [6.07, 6.45) is 1.55. The number of nitrogens with one attached hydrogen (secondary N) is 1. The van der Waals surface area contributed by atoms with Gasteiger partial charge in [-0.1, -0.05) is 30.3 Å². The topological polar surface area (TPSA) is 95.9 Å². The van der Waals surface area contributed by atoms with Gasteiger partial charge in [0.1, 0.15) is 5.71 Å². The van der Waals surface area contributed by atoms with Crippen LogP contribution in [0.1, 0.15) is 24.8 Å². The van der Waals surface area contributed by atoms with E-state index in [4.69, 9.17) is 0 Å². The van der Waals surface area contributed by atoms with E-state index in [0.717, 1.165) is 5.56 Å². The Hall–Kier alpha value is -2.22. The third-order valence-electron chi connectivity index (χ3n) is 4.42. The Morgan fingerprint density at radius 1 is 1.24 bits per heavy atom. The van der Waals surface area contributed by atoms with Crippen molar-refractivity contribution in [1.29, 1.82) is 0 Å². The number of carbonyl (C=O) groups excluding carboxylic acids is 2. The number of benzene rings is 1. The van der Waals surface area contributed by atoms with Gasteiger partial charge in [-0.3, -0.25) is 9.59 Å². The van der Waals surface area contributed by atoms with Crippen LogP contribution in [0.3, 0.4) is 0 Å². The van der Waals surface area contributed by atoms with E-state index in [-0.39, 0.29) is 41.9 Å². The minimum Gasteiger partial charge on any atom is -0.351 e. The Kier molecular flexibility index (Phi) is 5.17. The van der Waals surface area contributed by atoms with Crippen molar-refractivity contribution in [1.82, 2.24) is 10.3 Å². The van der Waals surface area contributed by atoms with E-state index in [9.17, 15) is 18.0 Å². The Bertz CT molecular complexity index is 789. The molecular weight excluding hydrogens is 342 g/mol. The summed E-state index contributed by atoms with van der Waals surface area (Å²) < 4.78 is 23.2. The van der Waals surface area contributed by atoms with Crippen LogP contribution in [0.25, 0.3) is 0 Å². The van der Waals surface area contributed by atoms with Crippen molar-refractivity contribution in [3.63, 3.8) is 0 Å². The lowest BCUT2D eigenvalue weighted by atomic mass is 10.1. The summed E-state index contributed by atoms with van der Waals surface area (Å²) in [5.41, 5.74) is 1.42. The van der Waals surface area contributed by atoms with Crippen LogP contribution in [-0.4, -0.2) is 55.0 Å². The Balaban J connectivity index is 1.60. The summed E-state index contributed by atoms with van der Waals surface area (Å²) in [5.74, 6) is -0.530. The van der Waals surface area contributed by atoms with Crippen molar-refractivity contribution in [2.24, 2.45) is 5.10 Å². The first kappa shape index (κ1) is 17.6. The van der Waals surface area contributed by atoms with Gasteiger partial charge in [0.05, 0.1) is 17.5 Å². The number of hydrogen-bond donors (Lipinski definition) is 1. The third-order valence-corrected chi connectivity index (χ3v) is 6.17. The standard InChI is InChI=1S/C17H21N3O4S/c21-16-7-6-15(19-20(16)14-9-11-25(23,24)12-14)17(22)18-10-8-13-4-2-1-3-5-13/h1-5,14H,6-12H2,(H,18,22)/t14-/m1/s1. The summed E-state index contributed by atoms with van der Waals surface area (Å²) in [5, 5.41) is 8.19. The lowest BCUT2D eigenvalue weighted by Gasteiger charge is -2.27. The number of rotatable bonds is 5. The fraction of sp³-hybridized carbons (Fsp3) is 0.471. The molecule has 3 rings (SSSR count). The average Bonchev–Trinajstić information content (AvgIpc) is 2.96. The fourth-order valence-electron chi connectivity index (χ4n) is 3.06. The lowest BCUT2D eigenvalue weighted by Crippen LogP contribution is -2.44. The van der Waals surface area contributed by atoms with Crippen LogP contribution in [0.5, 0.6) is 0 Å². The largest absolute Gasteiger partial charge is 0.351 e. The predicted octanol–water partition coefficient (Wildman–Crippen LogP) is 0.511. The molecule has 8 heteroatoms. The molecule has 1 saturated heterocycles. The molecular formula is C17H21N3O4S. The van der Waals surface area contributed by atoms with Gasteiger partial charge in [-0.15, -0.1) is 0 Å². The number of carbonyl (C=O) groups is 2. The minimum atomic E-state index is -3.11. The van der Waals surface area contributed by atoms with Gasteiger partial charge >= 0.3 is 0 Å². The number of sulfone groups is 1. The first-order valence-electron chi connectivity index (χ1n) is 8.37. The van der Waals surface area contributed by atoms with Crippen LogP contribution in [0.4, 0.5) is 0 Å². The molecule has 134 valence electrons. The van der Waals surface area contributed by atoms with Crippen LogP contribution < -0.4 is 5.32 Å². The number of amides is 2. The Morgan fingerprint density at radius 2 is 2.00 bits per heavy atom. The molecule has 1 atom stereocenters. The second-order valence-electron chi connectivity index (χ2n) is 6.33. The number of nitrogens with zero attached hydrogens (tertiary/aromatic N) is 2. The van der Waals surface area contributed by atoms with Gasteiger partial charge in [0.2, 0.25) is 5.91 Å². The summed E-state index contributed by atoms with van der Waals surface area (Å²) in [7, 11) is -3.11. The normalized spacial score (nSPS) is 22.6. The molecule has 1 aromatic carbocycles. The van der Waals surface area contributed by atoms with Crippen molar-refractivity contribution < 1.29 is 18.0 Å². The molecule has 0 unspecified atom stereocenters. The fourth-order valence-corrected chi connectivity index (χ4v) is 4.75. The molecule has 1 N–H and O–H groups in total. The molecule has 2 aliphatic heterocycles. The zero-order valence-electron chi connectivity index (χ0n) is 13.8. The maximum Gasteiger partial charge on any atom is 0.267 e. The molecule has 0 bridgehead atoms. The van der Waals surface area contributed by atoms with E-state index in [1.165, 1.54) is 5.01 Å². The van der Waals surface area contributed by atoms with E-state index < -0.39 is 15.9 Å².